The predicted molar refractivity (Wildman–Crippen MR) is 82.9 cm³/mol. The van der Waals surface area contributed by atoms with Crippen LogP contribution in [0.15, 0.2) is 12.1 Å². The van der Waals surface area contributed by atoms with Gasteiger partial charge in [0, 0.05) is 25.6 Å². The number of halogens is 2. The first kappa shape index (κ1) is 17.1. The van der Waals surface area contributed by atoms with Crippen LogP contribution in [0.2, 0.25) is 0 Å². The van der Waals surface area contributed by atoms with Crippen molar-refractivity contribution in [3.05, 3.63) is 29.3 Å². The van der Waals surface area contributed by atoms with Crippen molar-refractivity contribution in [2.24, 2.45) is 5.92 Å². The molecule has 2 aliphatic rings. The van der Waals surface area contributed by atoms with E-state index in [-0.39, 0.29) is 23.6 Å². The summed E-state index contributed by atoms with van der Waals surface area (Å²) in [5, 5.41) is 5.15. The first-order chi connectivity index (χ1) is 11.9. The van der Waals surface area contributed by atoms with E-state index in [0.717, 1.165) is 19.2 Å². The zero-order valence-corrected chi connectivity index (χ0v) is 13.5. The molecule has 3 amide bonds. The van der Waals surface area contributed by atoms with Gasteiger partial charge in [0.15, 0.2) is 5.82 Å². The normalized spacial score (nSPS) is 22.2. The van der Waals surface area contributed by atoms with Crippen molar-refractivity contribution in [2.75, 3.05) is 25.5 Å². The number of urea groups is 1. The summed E-state index contributed by atoms with van der Waals surface area (Å²) in [6.45, 7) is 0.740. The van der Waals surface area contributed by atoms with Gasteiger partial charge in [-0.05, 0) is 24.5 Å². The van der Waals surface area contributed by atoms with Crippen LogP contribution in [-0.4, -0.2) is 49.0 Å². The van der Waals surface area contributed by atoms with Gasteiger partial charge in [0.2, 0.25) is 5.91 Å². The Morgan fingerprint density at radius 2 is 2.12 bits per heavy atom. The molecule has 1 aromatic rings. The fraction of sp³-hybridized carbons (Fsp3) is 0.438. The second-order valence-electron chi connectivity index (χ2n) is 6.08. The van der Waals surface area contributed by atoms with Crippen LogP contribution >= 0.6 is 0 Å². The Kier molecular flexibility index (Phi) is 4.56. The number of carbonyl (C=O) groups is 3. The lowest BCUT2D eigenvalue weighted by Crippen LogP contribution is -2.50. The molecule has 2 atom stereocenters. The van der Waals surface area contributed by atoms with Gasteiger partial charge in [-0.25, -0.2) is 18.4 Å². The number of nitrogens with one attached hydrogen (secondary N) is 2. The third-order valence-electron chi connectivity index (χ3n) is 4.56. The lowest BCUT2D eigenvalue weighted by Gasteiger charge is -2.34. The molecular weight excluding hydrogens is 336 g/mol. The van der Waals surface area contributed by atoms with Crippen LogP contribution in [0, 0.1) is 17.6 Å². The lowest BCUT2D eigenvalue weighted by molar-refractivity contribution is -0.119. The highest BCUT2D eigenvalue weighted by Crippen LogP contribution is 2.27. The van der Waals surface area contributed by atoms with Gasteiger partial charge in [0.05, 0.1) is 12.8 Å². The number of likely N-dealkylation sites (tertiary alicyclic amines) is 1. The van der Waals surface area contributed by atoms with Crippen molar-refractivity contribution in [3.8, 4) is 0 Å². The van der Waals surface area contributed by atoms with Crippen LogP contribution in [0.4, 0.5) is 19.3 Å². The van der Waals surface area contributed by atoms with Gasteiger partial charge in [-0.3, -0.25) is 4.79 Å². The number of hydrogen-bond donors (Lipinski definition) is 2. The average Bonchev–Trinajstić information content (AvgIpc) is 2.96. The molecule has 134 valence electrons. The third kappa shape index (κ3) is 3.26. The Morgan fingerprint density at radius 3 is 2.84 bits per heavy atom. The molecule has 9 heteroatoms. The maximum absolute atomic E-state index is 14.3. The molecule has 2 fully saturated rings. The molecule has 0 aromatic heterocycles. The van der Waals surface area contributed by atoms with Gasteiger partial charge >= 0.3 is 12.0 Å². The van der Waals surface area contributed by atoms with Crippen LogP contribution < -0.4 is 10.6 Å². The van der Waals surface area contributed by atoms with E-state index >= 15 is 0 Å². The second kappa shape index (κ2) is 6.66. The minimum Gasteiger partial charge on any atom is -0.465 e. The van der Waals surface area contributed by atoms with Crippen LogP contribution in [0.25, 0.3) is 0 Å². The van der Waals surface area contributed by atoms with Crippen molar-refractivity contribution in [3.63, 3.8) is 0 Å². The first-order valence-corrected chi connectivity index (χ1v) is 7.82. The van der Waals surface area contributed by atoms with Gasteiger partial charge in [-0.15, -0.1) is 0 Å². The fourth-order valence-electron chi connectivity index (χ4n) is 3.23. The monoisotopic (exact) mass is 353 g/mol. The Labute approximate surface area is 142 Å². The van der Waals surface area contributed by atoms with Gasteiger partial charge < -0.3 is 20.3 Å². The third-order valence-corrected chi connectivity index (χ3v) is 4.56. The van der Waals surface area contributed by atoms with Crippen molar-refractivity contribution >= 4 is 23.6 Å². The molecule has 0 spiro atoms. The summed E-state index contributed by atoms with van der Waals surface area (Å²) in [6.07, 6.45) is 1.12. The molecule has 2 N–H and O–H groups in total. The zero-order valence-electron chi connectivity index (χ0n) is 13.5. The molecule has 2 aliphatic heterocycles. The molecule has 2 heterocycles. The molecule has 0 aliphatic carbocycles. The van der Waals surface area contributed by atoms with E-state index in [0.29, 0.717) is 25.9 Å². The standard InChI is InChI=1S/C16H17F2N3O4/c1-25-15(23)13-9(17)2-3-10(14(13)18)20-16(24)21-5-4-8-6-12(22)19-11(8)7-21/h2-3,8,11H,4-7H2,1H3,(H,19,22)(H,20,24)/t8-,11-/m1/s1. The van der Waals surface area contributed by atoms with Crippen LogP contribution in [0.1, 0.15) is 23.2 Å². The number of hydrogen-bond acceptors (Lipinski definition) is 4. The lowest BCUT2D eigenvalue weighted by atomic mass is 9.93. The van der Waals surface area contributed by atoms with Gasteiger partial charge in [-0.2, -0.15) is 0 Å². The van der Waals surface area contributed by atoms with E-state index in [4.69, 9.17) is 0 Å². The number of amides is 3. The Morgan fingerprint density at radius 1 is 1.36 bits per heavy atom. The fourth-order valence-corrected chi connectivity index (χ4v) is 3.23. The number of fused-ring (bicyclic) bond motifs is 1. The summed E-state index contributed by atoms with van der Waals surface area (Å²) in [5.74, 6) is -3.27. The van der Waals surface area contributed by atoms with Gasteiger partial charge in [0.25, 0.3) is 0 Å². The van der Waals surface area contributed by atoms with Gasteiger partial charge in [0.1, 0.15) is 11.4 Å². The number of piperidine rings is 1. The molecule has 25 heavy (non-hydrogen) atoms. The largest absolute Gasteiger partial charge is 0.465 e. The molecule has 1 aromatic carbocycles. The number of methoxy groups -OCH3 is 1. The molecule has 7 nitrogen and oxygen atoms in total. The zero-order chi connectivity index (χ0) is 18.1. The Bertz CT molecular complexity index is 740. The second-order valence-corrected chi connectivity index (χ2v) is 6.08. The summed E-state index contributed by atoms with van der Waals surface area (Å²) < 4.78 is 32.3. The van der Waals surface area contributed by atoms with Crippen molar-refractivity contribution in [1.29, 1.82) is 0 Å². The molecule has 3 rings (SSSR count). The van der Waals surface area contributed by atoms with Crippen LogP contribution in [-0.2, 0) is 9.53 Å². The highest BCUT2D eigenvalue weighted by molar-refractivity contribution is 5.94. The highest BCUT2D eigenvalue weighted by atomic mass is 19.1. The number of rotatable bonds is 2. The number of carbonyl (C=O) groups excluding carboxylic acids is 3. The summed E-state index contributed by atoms with van der Waals surface area (Å²) in [5.41, 5.74) is -1.17. The van der Waals surface area contributed by atoms with Crippen LogP contribution in [0.3, 0.4) is 0 Å². The van der Waals surface area contributed by atoms with Crippen LogP contribution in [0.5, 0.6) is 0 Å². The molecule has 0 radical (unpaired) electrons. The molecule has 0 saturated carbocycles. The maximum atomic E-state index is 14.3. The highest BCUT2D eigenvalue weighted by Gasteiger charge is 2.38. The van der Waals surface area contributed by atoms with E-state index in [1.807, 2.05) is 0 Å². The van der Waals surface area contributed by atoms with Crippen molar-refractivity contribution in [1.82, 2.24) is 10.2 Å². The van der Waals surface area contributed by atoms with Crippen molar-refractivity contribution < 1.29 is 27.9 Å². The minimum atomic E-state index is -1.19. The Hall–Kier alpha value is -2.71. The number of nitrogens with zero attached hydrogens (tertiary/aromatic N) is 1. The average molecular weight is 353 g/mol. The first-order valence-electron chi connectivity index (χ1n) is 7.82. The van der Waals surface area contributed by atoms with Gasteiger partial charge in [-0.1, -0.05) is 0 Å². The predicted octanol–water partition coefficient (Wildman–Crippen LogP) is 1.49. The SMILES string of the molecule is COC(=O)c1c(F)ccc(NC(=O)N2CC[C@@H]3CC(=O)N[C@@H]3C2)c1F. The van der Waals surface area contributed by atoms with Crippen molar-refractivity contribution in [2.45, 2.75) is 18.9 Å². The maximum Gasteiger partial charge on any atom is 0.343 e. The number of ether oxygens (including phenoxy) is 1. The number of benzene rings is 1. The number of anilines is 1. The topological polar surface area (TPSA) is 87.7 Å². The molecule has 0 bridgehead atoms. The number of esters is 1. The van der Waals surface area contributed by atoms with E-state index in [9.17, 15) is 23.2 Å². The minimum absolute atomic E-state index is 0.0374. The quantitative estimate of drug-likeness (QED) is 0.789. The van der Waals surface area contributed by atoms with E-state index in [1.165, 1.54) is 4.90 Å². The Balaban J connectivity index is 1.73. The summed E-state index contributed by atoms with van der Waals surface area (Å²) >= 11 is 0. The molecule has 0 unspecified atom stereocenters. The van der Waals surface area contributed by atoms with E-state index in [2.05, 4.69) is 15.4 Å². The van der Waals surface area contributed by atoms with E-state index in [1.54, 1.807) is 0 Å². The van der Waals surface area contributed by atoms with E-state index < -0.39 is 29.2 Å². The molecular formula is C16H17F2N3O4. The summed E-state index contributed by atoms with van der Waals surface area (Å²) in [4.78, 5) is 36.7. The smallest absolute Gasteiger partial charge is 0.343 e. The summed E-state index contributed by atoms with van der Waals surface area (Å²) in [7, 11) is 1.01. The summed E-state index contributed by atoms with van der Waals surface area (Å²) in [6, 6.07) is 1.23. The molecule has 2 saturated heterocycles.